The van der Waals surface area contributed by atoms with Gasteiger partial charge in [-0.05, 0) is 34.1 Å². The van der Waals surface area contributed by atoms with Gasteiger partial charge in [-0.2, -0.15) is 5.10 Å². The number of aldehydes is 1. The van der Waals surface area contributed by atoms with Gasteiger partial charge in [-0.15, -0.1) is 0 Å². The zero-order valence-electron chi connectivity index (χ0n) is 8.45. The highest BCUT2D eigenvalue weighted by Gasteiger charge is 2.10. The molecular formula is C10H6BrFN2O. The predicted molar refractivity (Wildman–Crippen MR) is 56.6 cm³/mol. The lowest BCUT2D eigenvalue weighted by molar-refractivity contribution is 0.111. The van der Waals surface area contributed by atoms with Crippen LogP contribution in [0.2, 0.25) is 0 Å². The molecule has 1 aromatic carbocycles. The maximum absolute atomic E-state index is 13.7. The van der Waals surface area contributed by atoms with Crippen LogP contribution in [0, 0.1) is 5.82 Å². The third-order valence-electron chi connectivity index (χ3n) is 1.91. The minimum absolute atomic E-state index is 0.0250. The van der Waals surface area contributed by atoms with Crippen molar-refractivity contribution < 1.29 is 10.6 Å². The van der Waals surface area contributed by atoms with Crippen molar-refractivity contribution in [2.45, 2.75) is 0 Å². The Hall–Kier alpha value is -1.49. The third kappa shape index (κ3) is 1.70. The van der Waals surface area contributed by atoms with Gasteiger partial charge in [0.2, 0.25) is 0 Å². The molecule has 0 amide bonds. The summed E-state index contributed by atoms with van der Waals surface area (Å²) in [7, 11) is 0. The first-order chi connectivity index (χ1) is 7.61. The summed E-state index contributed by atoms with van der Waals surface area (Å²) in [5.41, 5.74) is 0.159. The lowest BCUT2D eigenvalue weighted by Crippen LogP contribution is -2.03. The van der Waals surface area contributed by atoms with Gasteiger partial charge in [0.05, 0.1) is 10.7 Å². The van der Waals surface area contributed by atoms with Gasteiger partial charge in [0.15, 0.2) is 12.1 Å². The molecule has 0 aliphatic carbocycles. The van der Waals surface area contributed by atoms with E-state index in [1.54, 1.807) is 12.1 Å². The molecule has 0 saturated carbocycles. The average Bonchev–Trinajstić information content (AvgIpc) is 2.70. The molecule has 1 heterocycles. The molecule has 0 atom stereocenters. The second-order valence-electron chi connectivity index (χ2n) is 2.80. The van der Waals surface area contributed by atoms with E-state index in [4.69, 9.17) is 1.37 Å². The van der Waals surface area contributed by atoms with Gasteiger partial charge in [-0.1, -0.05) is 6.07 Å². The number of carbonyl (C=O) groups excluding carboxylic acids is 1. The average molecular weight is 270 g/mol. The number of halogens is 2. The first-order valence-electron chi connectivity index (χ1n) is 4.60. The van der Waals surface area contributed by atoms with Crippen LogP contribution in [0.15, 0.2) is 34.9 Å². The molecule has 0 spiro atoms. The van der Waals surface area contributed by atoms with Crippen LogP contribution in [0.25, 0.3) is 5.69 Å². The van der Waals surface area contributed by atoms with Gasteiger partial charge in [-0.3, -0.25) is 4.79 Å². The third-order valence-corrected chi connectivity index (χ3v) is 2.52. The summed E-state index contributed by atoms with van der Waals surface area (Å²) in [6.07, 6.45) is 0.444. The molecule has 15 heavy (non-hydrogen) atoms. The van der Waals surface area contributed by atoms with Crippen molar-refractivity contribution in [3.05, 3.63) is 46.4 Å². The Morgan fingerprint density at radius 3 is 3.07 bits per heavy atom. The van der Waals surface area contributed by atoms with Crippen molar-refractivity contribution in [1.82, 2.24) is 9.78 Å². The fraction of sp³-hybridized carbons (Fsp3) is 0. The number of hydrogen-bond acceptors (Lipinski definition) is 2. The molecule has 76 valence electrons. The monoisotopic (exact) mass is 269 g/mol. The first kappa shape index (κ1) is 8.79. The maximum atomic E-state index is 13.7. The van der Waals surface area contributed by atoms with E-state index >= 15 is 0 Å². The summed E-state index contributed by atoms with van der Waals surface area (Å²) in [6.45, 7) is 0. The lowest BCUT2D eigenvalue weighted by Gasteiger charge is -2.05. The number of carbonyl (C=O) groups is 1. The van der Waals surface area contributed by atoms with Crippen molar-refractivity contribution >= 4 is 22.2 Å². The highest BCUT2D eigenvalue weighted by atomic mass is 79.9. The van der Waals surface area contributed by atoms with Gasteiger partial charge in [0.1, 0.15) is 12.8 Å². The number of rotatable bonds is 2. The number of aromatic nitrogens is 2. The Balaban J connectivity index is 2.63. The zero-order valence-corrected chi connectivity index (χ0v) is 9.03. The molecular weight excluding hydrogens is 263 g/mol. The standard InChI is InChI=1S/C10H6BrFN2O/c11-8-2-1-3-9(10(8)12)14-7(6-15)4-5-13-14/h1-6H/i6D. The van der Waals surface area contributed by atoms with Gasteiger partial charge in [0, 0.05) is 0 Å². The Bertz CT molecular complexity index is 556. The van der Waals surface area contributed by atoms with Gasteiger partial charge >= 0.3 is 0 Å². The predicted octanol–water partition coefficient (Wildman–Crippen LogP) is 2.59. The number of hydrogen-bond donors (Lipinski definition) is 0. The fourth-order valence-electron chi connectivity index (χ4n) is 1.23. The van der Waals surface area contributed by atoms with E-state index in [9.17, 15) is 9.18 Å². The minimum Gasteiger partial charge on any atom is -0.296 e. The van der Waals surface area contributed by atoms with E-state index in [0.717, 1.165) is 4.68 Å². The normalized spacial score (nSPS) is 11.2. The van der Waals surface area contributed by atoms with Crippen molar-refractivity contribution in [3.8, 4) is 5.69 Å². The Labute approximate surface area is 95.1 Å². The van der Waals surface area contributed by atoms with Crippen LogP contribution in [-0.4, -0.2) is 16.0 Å². The van der Waals surface area contributed by atoms with Crippen molar-refractivity contribution in [1.29, 1.82) is 0 Å². The SMILES string of the molecule is [2H]C(=O)c1ccnn1-c1cccc(Br)c1F. The molecule has 5 heteroatoms. The Morgan fingerprint density at radius 1 is 1.53 bits per heavy atom. The highest BCUT2D eigenvalue weighted by molar-refractivity contribution is 9.10. The van der Waals surface area contributed by atoms with Gasteiger partial charge in [-0.25, -0.2) is 9.07 Å². The summed E-state index contributed by atoms with van der Waals surface area (Å²) in [5, 5.41) is 3.82. The summed E-state index contributed by atoms with van der Waals surface area (Å²) in [6, 6.07) is 6.03. The topological polar surface area (TPSA) is 34.9 Å². The van der Waals surface area contributed by atoms with E-state index in [-0.39, 0.29) is 15.9 Å². The van der Waals surface area contributed by atoms with E-state index in [1.807, 2.05) is 0 Å². The van der Waals surface area contributed by atoms with Crippen LogP contribution in [0.1, 0.15) is 11.9 Å². The van der Waals surface area contributed by atoms with Crippen LogP contribution in [-0.2, 0) is 0 Å². The molecule has 0 bridgehead atoms. The zero-order chi connectivity index (χ0) is 11.7. The first-order valence-corrected chi connectivity index (χ1v) is 4.90. The molecule has 0 saturated heterocycles. The molecule has 2 rings (SSSR count). The Morgan fingerprint density at radius 2 is 2.33 bits per heavy atom. The fourth-order valence-corrected chi connectivity index (χ4v) is 1.58. The number of benzene rings is 1. The molecule has 0 aliphatic heterocycles. The molecule has 2 aromatic rings. The van der Waals surface area contributed by atoms with E-state index in [0.29, 0.717) is 0 Å². The summed E-state index contributed by atoms with van der Waals surface area (Å²) in [5.74, 6) is -0.520. The lowest BCUT2D eigenvalue weighted by atomic mass is 10.3. The summed E-state index contributed by atoms with van der Waals surface area (Å²) < 4.78 is 22.1. The second kappa shape index (κ2) is 3.94. The molecule has 0 N–H and O–H groups in total. The highest BCUT2D eigenvalue weighted by Crippen LogP contribution is 2.21. The van der Waals surface area contributed by atoms with E-state index < -0.39 is 12.1 Å². The summed E-state index contributed by atoms with van der Waals surface area (Å²) >= 11 is 3.05. The van der Waals surface area contributed by atoms with Gasteiger partial charge in [0.25, 0.3) is 0 Å². The smallest absolute Gasteiger partial charge is 0.168 e. The maximum Gasteiger partial charge on any atom is 0.168 e. The van der Waals surface area contributed by atoms with Crippen molar-refractivity contribution in [2.75, 3.05) is 0 Å². The summed E-state index contributed by atoms with van der Waals surface area (Å²) in [4.78, 5) is 11.0. The molecule has 0 fully saturated rings. The van der Waals surface area contributed by atoms with Crippen molar-refractivity contribution in [2.24, 2.45) is 0 Å². The van der Waals surface area contributed by atoms with E-state index in [2.05, 4.69) is 21.0 Å². The molecule has 0 radical (unpaired) electrons. The van der Waals surface area contributed by atoms with Crippen LogP contribution in [0.3, 0.4) is 0 Å². The molecule has 0 unspecified atom stereocenters. The molecule has 3 nitrogen and oxygen atoms in total. The largest absolute Gasteiger partial charge is 0.296 e. The number of nitrogens with zero attached hydrogens (tertiary/aromatic N) is 2. The Kier molecular flexibility index (Phi) is 2.31. The van der Waals surface area contributed by atoms with Crippen LogP contribution in [0.4, 0.5) is 4.39 Å². The molecule has 1 aromatic heterocycles. The van der Waals surface area contributed by atoms with Gasteiger partial charge < -0.3 is 0 Å². The second-order valence-corrected chi connectivity index (χ2v) is 3.66. The molecule has 0 aliphatic rings. The minimum atomic E-state index is -0.906. The van der Waals surface area contributed by atoms with Crippen LogP contribution in [0.5, 0.6) is 0 Å². The van der Waals surface area contributed by atoms with E-state index in [1.165, 1.54) is 18.3 Å². The van der Waals surface area contributed by atoms with Crippen LogP contribution >= 0.6 is 15.9 Å². The van der Waals surface area contributed by atoms with Crippen LogP contribution < -0.4 is 0 Å². The quantitative estimate of drug-likeness (QED) is 0.786. The van der Waals surface area contributed by atoms with Crippen molar-refractivity contribution in [3.63, 3.8) is 0 Å².